The minimum atomic E-state index is -1.00. The van der Waals surface area contributed by atoms with E-state index in [0.29, 0.717) is 17.0 Å². The Hall–Kier alpha value is -1.73. The highest BCUT2D eigenvalue weighted by atomic mass is 79.9. The summed E-state index contributed by atoms with van der Waals surface area (Å²) in [6, 6.07) is 3.48. The molecule has 18 heavy (non-hydrogen) atoms. The van der Waals surface area contributed by atoms with E-state index in [2.05, 4.69) is 30.9 Å². The topological polar surface area (TPSA) is 78.9 Å². The molecule has 2 N–H and O–H groups in total. The average molecular weight is 324 g/mol. The number of halogens is 1. The van der Waals surface area contributed by atoms with Crippen molar-refractivity contribution in [3.63, 3.8) is 0 Å². The molecule has 0 aliphatic heterocycles. The number of carboxylic acid groups (broad SMARTS) is 1. The fourth-order valence-corrected chi connectivity index (χ4v) is 2.73. The molecule has 3 heterocycles. The molecular weight excluding hydrogens is 318 g/mol. The fourth-order valence-electron chi connectivity index (χ4n) is 1.59. The van der Waals surface area contributed by atoms with Crippen molar-refractivity contribution < 1.29 is 9.90 Å². The van der Waals surface area contributed by atoms with E-state index < -0.39 is 5.97 Å². The predicted molar refractivity (Wildman–Crippen MR) is 71.9 cm³/mol. The van der Waals surface area contributed by atoms with Crippen LogP contribution in [0.3, 0.4) is 0 Å². The van der Waals surface area contributed by atoms with Gasteiger partial charge in [0, 0.05) is 17.1 Å². The number of imidazole rings is 1. The Morgan fingerprint density at radius 3 is 2.94 bits per heavy atom. The number of fused-ring (bicyclic) bond motifs is 1. The number of thiophene rings is 1. The van der Waals surface area contributed by atoms with Gasteiger partial charge in [0.15, 0.2) is 5.65 Å². The largest absolute Gasteiger partial charge is 0.478 e. The average Bonchev–Trinajstić information content (AvgIpc) is 2.93. The number of rotatable bonds is 2. The summed E-state index contributed by atoms with van der Waals surface area (Å²) < 4.78 is 1.01. The van der Waals surface area contributed by atoms with E-state index in [9.17, 15) is 4.79 Å². The summed E-state index contributed by atoms with van der Waals surface area (Å²) in [5.74, 6) is -0.319. The van der Waals surface area contributed by atoms with Gasteiger partial charge in [0.05, 0.1) is 14.9 Å². The van der Waals surface area contributed by atoms with Gasteiger partial charge < -0.3 is 10.1 Å². The maximum absolute atomic E-state index is 10.8. The quantitative estimate of drug-likeness (QED) is 0.759. The lowest BCUT2D eigenvalue weighted by Crippen LogP contribution is -1.96. The molecule has 7 heteroatoms. The van der Waals surface area contributed by atoms with Crippen LogP contribution in [0.1, 0.15) is 10.4 Å². The van der Waals surface area contributed by atoms with Gasteiger partial charge in [0.25, 0.3) is 0 Å². The Kier molecular flexibility index (Phi) is 2.64. The molecule has 0 saturated carbocycles. The first-order chi connectivity index (χ1) is 8.63. The minimum Gasteiger partial charge on any atom is -0.478 e. The molecule has 0 fully saturated rings. The van der Waals surface area contributed by atoms with Gasteiger partial charge in [0.1, 0.15) is 5.82 Å². The predicted octanol–water partition coefficient (Wildman–Crippen LogP) is 3.15. The number of aromatic amines is 1. The third kappa shape index (κ3) is 1.91. The molecular formula is C11H6BrN3O2S. The highest BCUT2D eigenvalue weighted by Crippen LogP contribution is 2.28. The van der Waals surface area contributed by atoms with Gasteiger partial charge in [-0.1, -0.05) is 0 Å². The van der Waals surface area contributed by atoms with Gasteiger partial charge in [-0.15, -0.1) is 11.3 Å². The van der Waals surface area contributed by atoms with Crippen molar-refractivity contribution in [3.05, 3.63) is 33.1 Å². The van der Waals surface area contributed by atoms with Crippen molar-refractivity contribution in [2.75, 3.05) is 0 Å². The van der Waals surface area contributed by atoms with Crippen LogP contribution in [0.15, 0.2) is 27.5 Å². The molecule has 0 amide bonds. The van der Waals surface area contributed by atoms with E-state index in [4.69, 9.17) is 5.11 Å². The normalized spacial score (nSPS) is 10.9. The first-order valence-corrected chi connectivity index (χ1v) is 6.64. The highest BCUT2D eigenvalue weighted by Gasteiger charge is 2.10. The zero-order chi connectivity index (χ0) is 12.7. The van der Waals surface area contributed by atoms with Crippen LogP contribution in [0.5, 0.6) is 0 Å². The second-order valence-electron chi connectivity index (χ2n) is 3.63. The van der Waals surface area contributed by atoms with Crippen LogP contribution < -0.4 is 0 Å². The smallest absolute Gasteiger partial charge is 0.337 e. The van der Waals surface area contributed by atoms with Gasteiger partial charge in [-0.3, -0.25) is 0 Å². The van der Waals surface area contributed by atoms with Crippen molar-refractivity contribution in [1.82, 2.24) is 15.0 Å². The van der Waals surface area contributed by atoms with Crippen LogP contribution in [0.2, 0.25) is 0 Å². The summed E-state index contributed by atoms with van der Waals surface area (Å²) in [6.45, 7) is 0. The van der Waals surface area contributed by atoms with Crippen LogP contribution in [0.25, 0.3) is 22.6 Å². The van der Waals surface area contributed by atoms with Crippen LogP contribution in [0, 0.1) is 0 Å². The molecule has 0 aliphatic carbocycles. The van der Waals surface area contributed by atoms with Crippen molar-refractivity contribution in [2.45, 2.75) is 0 Å². The number of nitrogens with one attached hydrogen (secondary N) is 1. The van der Waals surface area contributed by atoms with Crippen molar-refractivity contribution in [3.8, 4) is 11.4 Å². The molecule has 0 saturated heterocycles. The zero-order valence-corrected chi connectivity index (χ0v) is 11.2. The maximum atomic E-state index is 10.8. The molecule has 3 rings (SSSR count). The number of aromatic nitrogens is 3. The van der Waals surface area contributed by atoms with Gasteiger partial charge in [0.2, 0.25) is 0 Å². The minimum absolute atomic E-state index is 0.143. The van der Waals surface area contributed by atoms with Gasteiger partial charge in [-0.05, 0) is 28.1 Å². The van der Waals surface area contributed by atoms with E-state index >= 15 is 0 Å². The van der Waals surface area contributed by atoms with E-state index in [-0.39, 0.29) is 5.56 Å². The van der Waals surface area contributed by atoms with E-state index in [1.54, 1.807) is 11.3 Å². The molecule has 0 bridgehead atoms. The third-order valence-corrected chi connectivity index (χ3v) is 3.93. The van der Waals surface area contributed by atoms with E-state index in [0.717, 1.165) is 9.35 Å². The number of hydrogen-bond donors (Lipinski definition) is 2. The number of nitrogens with zero attached hydrogens (tertiary/aromatic N) is 2. The summed E-state index contributed by atoms with van der Waals surface area (Å²) in [5, 5.41) is 10.9. The van der Waals surface area contributed by atoms with Crippen molar-refractivity contribution in [1.29, 1.82) is 0 Å². The lowest BCUT2D eigenvalue weighted by Gasteiger charge is -1.91. The van der Waals surface area contributed by atoms with Crippen molar-refractivity contribution in [2.24, 2.45) is 0 Å². The van der Waals surface area contributed by atoms with Crippen LogP contribution >= 0.6 is 27.3 Å². The lowest BCUT2D eigenvalue weighted by atomic mass is 10.3. The first-order valence-electron chi connectivity index (χ1n) is 4.97. The summed E-state index contributed by atoms with van der Waals surface area (Å²) in [4.78, 5) is 22.3. The van der Waals surface area contributed by atoms with Crippen LogP contribution in [0.4, 0.5) is 0 Å². The number of H-pyrrole nitrogens is 1. The summed E-state index contributed by atoms with van der Waals surface area (Å²) >= 11 is 4.95. The number of aromatic carboxylic acids is 1. The fraction of sp³-hybridized carbons (Fsp3) is 0. The molecule has 0 atom stereocenters. The van der Waals surface area contributed by atoms with Gasteiger partial charge in [-0.2, -0.15) is 0 Å². The maximum Gasteiger partial charge on any atom is 0.337 e. The molecule has 5 nitrogen and oxygen atoms in total. The number of carboxylic acids is 1. The van der Waals surface area contributed by atoms with E-state index in [1.165, 1.54) is 12.3 Å². The molecule has 0 aliphatic rings. The van der Waals surface area contributed by atoms with Crippen LogP contribution in [-0.2, 0) is 0 Å². The number of carbonyl (C=O) groups is 1. The molecule has 0 radical (unpaired) electrons. The number of hydrogen-bond acceptors (Lipinski definition) is 4. The molecule has 0 spiro atoms. The Labute approximate surface area is 114 Å². The van der Waals surface area contributed by atoms with E-state index in [1.807, 2.05) is 11.4 Å². The van der Waals surface area contributed by atoms with Crippen LogP contribution in [-0.4, -0.2) is 26.0 Å². The number of pyridine rings is 1. The second kappa shape index (κ2) is 4.18. The van der Waals surface area contributed by atoms with Crippen molar-refractivity contribution >= 4 is 44.4 Å². The molecule has 0 aromatic carbocycles. The molecule has 3 aromatic heterocycles. The summed E-state index contributed by atoms with van der Waals surface area (Å²) in [7, 11) is 0. The Balaban J connectivity index is 2.13. The Morgan fingerprint density at radius 2 is 2.28 bits per heavy atom. The third-order valence-electron chi connectivity index (χ3n) is 2.43. The van der Waals surface area contributed by atoms with Gasteiger partial charge in [-0.25, -0.2) is 14.8 Å². The second-order valence-corrected chi connectivity index (χ2v) is 5.92. The Morgan fingerprint density at radius 1 is 1.44 bits per heavy atom. The molecule has 3 aromatic rings. The zero-order valence-electron chi connectivity index (χ0n) is 8.85. The first kappa shape index (κ1) is 11.4. The monoisotopic (exact) mass is 323 g/mol. The lowest BCUT2D eigenvalue weighted by molar-refractivity contribution is 0.0696. The summed E-state index contributed by atoms with van der Waals surface area (Å²) in [6.07, 6.45) is 1.30. The molecule has 0 unspecified atom stereocenters. The Bertz CT molecular complexity index is 750. The molecule has 90 valence electrons. The SMILES string of the molecule is O=C(O)c1cnc2nc(-c3csc(Br)c3)[nH]c2c1. The highest BCUT2D eigenvalue weighted by molar-refractivity contribution is 9.11. The summed E-state index contributed by atoms with van der Waals surface area (Å²) in [5.41, 5.74) is 2.22. The van der Waals surface area contributed by atoms with Gasteiger partial charge >= 0.3 is 5.97 Å². The standard InChI is InChI=1S/C11H6BrN3O2S/c12-8-2-6(4-18-8)9-14-7-1-5(11(16)17)3-13-10(7)15-9/h1-4H,(H,16,17)(H,13,14,15).